The predicted molar refractivity (Wildman–Crippen MR) is 129 cm³/mol. The summed E-state index contributed by atoms with van der Waals surface area (Å²) in [7, 11) is 0. The first-order valence-corrected chi connectivity index (χ1v) is 11.4. The van der Waals surface area contributed by atoms with Crippen molar-refractivity contribution in [1.82, 2.24) is 29.6 Å². The number of carbonyl (C=O) groups excluding carboxylic acids is 1. The van der Waals surface area contributed by atoms with Gasteiger partial charge in [-0.3, -0.25) is 4.79 Å². The second-order valence-corrected chi connectivity index (χ2v) is 8.70. The number of rotatable bonds is 5. The average Bonchev–Trinajstić information content (AvgIpc) is 3.59. The molecular weight excluding hydrogens is 444 g/mol. The van der Waals surface area contributed by atoms with Gasteiger partial charge in [0.2, 0.25) is 11.7 Å². The molecule has 5 aromatic rings. The van der Waals surface area contributed by atoms with Gasteiger partial charge < -0.3 is 9.84 Å². The summed E-state index contributed by atoms with van der Waals surface area (Å²) in [5, 5.41) is 11.5. The topological polar surface area (TPSA) is 107 Å². The van der Waals surface area contributed by atoms with Crippen LogP contribution in [-0.2, 0) is 17.8 Å². The van der Waals surface area contributed by atoms with Gasteiger partial charge in [-0.1, -0.05) is 59.3 Å². The maximum absolute atomic E-state index is 13.0. The number of aryl methyl sites for hydroxylation is 2. The minimum Gasteiger partial charge on any atom is -0.348 e. The van der Waals surface area contributed by atoms with Crippen molar-refractivity contribution in [3.63, 3.8) is 0 Å². The highest BCUT2D eigenvalue weighted by Gasteiger charge is 2.24. The van der Waals surface area contributed by atoms with Crippen molar-refractivity contribution in [2.24, 2.45) is 0 Å². The van der Waals surface area contributed by atoms with Gasteiger partial charge in [-0.25, -0.2) is 13.9 Å². The van der Waals surface area contributed by atoms with E-state index in [9.17, 15) is 9.59 Å². The number of nitrogens with one attached hydrogen (secondary N) is 1. The van der Waals surface area contributed by atoms with Crippen molar-refractivity contribution in [3.05, 3.63) is 94.0 Å². The van der Waals surface area contributed by atoms with Gasteiger partial charge in [-0.05, 0) is 43.0 Å². The quantitative estimate of drug-likeness (QED) is 0.426. The Hall–Kier alpha value is -4.53. The molecule has 1 unspecified atom stereocenters. The molecule has 0 saturated carbocycles. The van der Waals surface area contributed by atoms with Crippen LogP contribution in [0.25, 0.3) is 28.5 Å². The van der Waals surface area contributed by atoms with E-state index in [0.29, 0.717) is 17.0 Å². The molecule has 1 aliphatic carbocycles. The van der Waals surface area contributed by atoms with E-state index in [1.54, 1.807) is 18.3 Å². The Kier molecular flexibility index (Phi) is 5.02. The highest BCUT2D eigenvalue weighted by atomic mass is 16.5. The largest absolute Gasteiger partial charge is 0.350 e. The lowest BCUT2D eigenvalue weighted by Gasteiger charge is -2.13. The smallest absolute Gasteiger partial charge is 0.348 e. The standard InChI is InChI=1S/C26H22N6O3/c1-16-8-10-18(11-9-16)23-28-25(35-30-23)20-7-4-14-31-24(20)29-32(26(31)34)15-22(33)27-21-13-12-17-5-2-3-6-19(17)21/h2-11,14,21H,12-13,15H2,1H3,(H,27,33). The number of nitrogens with zero attached hydrogens (tertiary/aromatic N) is 5. The predicted octanol–water partition coefficient (Wildman–Crippen LogP) is 3.33. The number of hydrogen-bond acceptors (Lipinski definition) is 6. The summed E-state index contributed by atoms with van der Waals surface area (Å²) in [6.45, 7) is 1.82. The molecule has 0 bridgehead atoms. The maximum atomic E-state index is 13.0. The summed E-state index contributed by atoms with van der Waals surface area (Å²) in [6, 6.07) is 19.3. The lowest BCUT2D eigenvalue weighted by molar-refractivity contribution is -0.122. The molecule has 174 valence electrons. The van der Waals surface area contributed by atoms with Crippen molar-refractivity contribution in [3.8, 4) is 22.8 Å². The van der Waals surface area contributed by atoms with Crippen LogP contribution in [0.3, 0.4) is 0 Å². The molecule has 6 rings (SSSR count). The number of hydrogen-bond donors (Lipinski definition) is 1. The summed E-state index contributed by atoms with van der Waals surface area (Å²) in [6.07, 6.45) is 3.37. The van der Waals surface area contributed by atoms with Crippen molar-refractivity contribution >= 4 is 11.6 Å². The molecule has 0 radical (unpaired) electrons. The fourth-order valence-electron chi connectivity index (χ4n) is 4.54. The van der Waals surface area contributed by atoms with Crippen LogP contribution >= 0.6 is 0 Å². The zero-order valence-electron chi connectivity index (χ0n) is 19.0. The molecule has 0 fully saturated rings. The summed E-state index contributed by atoms with van der Waals surface area (Å²) in [5.41, 5.74) is 4.78. The van der Waals surface area contributed by atoms with Gasteiger partial charge in [0, 0.05) is 11.8 Å². The van der Waals surface area contributed by atoms with Crippen molar-refractivity contribution in [2.45, 2.75) is 32.4 Å². The average molecular weight is 467 g/mol. The Labute approximate surface area is 200 Å². The molecule has 1 amide bonds. The Morgan fingerprint density at radius 3 is 2.80 bits per heavy atom. The summed E-state index contributed by atoms with van der Waals surface area (Å²) in [5.74, 6) is 0.425. The van der Waals surface area contributed by atoms with Crippen molar-refractivity contribution in [2.75, 3.05) is 0 Å². The number of benzene rings is 2. The van der Waals surface area contributed by atoms with Crippen LogP contribution in [0.2, 0.25) is 0 Å². The van der Waals surface area contributed by atoms with Crippen molar-refractivity contribution in [1.29, 1.82) is 0 Å². The van der Waals surface area contributed by atoms with Gasteiger partial charge >= 0.3 is 5.69 Å². The zero-order chi connectivity index (χ0) is 23.9. The van der Waals surface area contributed by atoms with Crippen LogP contribution in [0, 0.1) is 6.92 Å². The van der Waals surface area contributed by atoms with Crippen LogP contribution in [0.15, 0.2) is 76.2 Å². The Balaban J connectivity index is 1.27. The number of fused-ring (bicyclic) bond motifs is 2. The van der Waals surface area contributed by atoms with E-state index in [1.165, 1.54) is 9.96 Å². The van der Waals surface area contributed by atoms with Crippen LogP contribution in [-0.4, -0.2) is 30.2 Å². The third kappa shape index (κ3) is 3.80. The highest BCUT2D eigenvalue weighted by molar-refractivity contribution is 5.77. The molecule has 9 nitrogen and oxygen atoms in total. The molecule has 35 heavy (non-hydrogen) atoms. The molecule has 0 aliphatic heterocycles. The lowest BCUT2D eigenvalue weighted by Crippen LogP contribution is -2.34. The molecule has 0 saturated heterocycles. The number of amides is 1. The SMILES string of the molecule is Cc1ccc(-c2noc(-c3cccn4c(=O)n(CC(=O)NC5CCc6ccccc65)nc34)n2)cc1. The minimum absolute atomic E-state index is 0.0550. The van der Waals surface area contributed by atoms with Crippen LogP contribution in [0.4, 0.5) is 0 Å². The molecule has 1 N–H and O–H groups in total. The maximum Gasteiger partial charge on any atom is 0.350 e. The third-order valence-corrected chi connectivity index (χ3v) is 6.34. The van der Waals surface area contributed by atoms with Crippen LogP contribution < -0.4 is 11.0 Å². The molecule has 1 aliphatic rings. The minimum atomic E-state index is -0.415. The first kappa shape index (κ1) is 21.0. The monoisotopic (exact) mass is 466 g/mol. The van der Waals surface area contributed by atoms with E-state index >= 15 is 0 Å². The highest BCUT2D eigenvalue weighted by Crippen LogP contribution is 2.30. The molecule has 3 heterocycles. The van der Waals surface area contributed by atoms with Gasteiger partial charge in [0.1, 0.15) is 6.54 Å². The third-order valence-electron chi connectivity index (χ3n) is 6.34. The van der Waals surface area contributed by atoms with E-state index in [-0.39, 0.29) is 24.4 Å². The second-order valence-electron chi connectivity index (χ2n) is 8.70. The molecule has 0 spiro atoms. The Morgan fingerprint density at radius 2 is 1.94 bits per heavy atom. The van der Waals surface area contributed by atoms with E-state index in [0.717, 1.165) is 34.2 Å². The second kappa shape index (κ2) is 8.35. The fourth-order valence-corrected chi connectivity index (χ4v) is 4.54. The summed E-state index contributed by atoms with van der Waals surface area (Å²) < 4.78 is 8.03. The Morgan fingerprint density at radius 1 is 1.11 bits per heavy atom. The molecule has 1 atom stereocenters. The van der Waals surface area contributed by atoms with E-state index in [1.807, 2.05) is 49.4 Å². The fraction of sp³-hybridized carbons (Fsp3) is 0.192. The van der Waals surface area contributed by atoms with Crippen LogP contribution in [0.5, 0.6) is 0 Å². The zero-order valence-corrected chi connectivity index (χ0v) is 19.0. The van der Waals surface area contributed by atoms with Crippen LogP contribution in [0.1, 0.15) is 29.2 Å². The molecule has 2 aromatic carbocycles. The van der Waals surface area contributed by atoms with E-state index in [2.05, 4.69) is 26.6 Å². The van der Waals surface area contributed by atoms with E-state index in [4.69, 9.17) is 4.52 Å². The lowest BCUT2D eigenvalue weighted by atomic mass is 10.1. The van der Waals surface area contributed by atoms with Gasteiger partial charge in [0.05, 0.1) is 11.6 Å². The molecular formula is C26H22N6O3. The first-order valence-electron chi connectivity index (χ1n) is 11.4. The first-order chi connectivity index (χ1) is 17.1. The normalized spacial score (nSPS) is 14.8. The van der Waals surface area contributed by atoms with Crippen molar-refractivity contribution < 1.29 is 9.32 Å². The van der Waals surface area contributed by atoms with Gasteiger partial charge in [0.15, 0.2) is 5.65 Å². The number of pyridine rings is 1. The van der Waals surface area contributed by atoms with Gasteiger partial charge in [-0.15, -0.1) is 5.10 Å². The Bertz CT molecular complexity index is 1610. The van der Waals surface area contributed by atoms with E-state index < -0.39 is 5.69 Å². The summed E-state index contributed by atoms with van der Waals surface area (Å²) in [4.78, 5) is 30.2. The molecule has 3 aromatic heterocycles. The van der Waals surface area contributed by atoms with Gasteiger partial charge in [-0.2, -0.15) is 4.98 Å². The number of carbonyl (C=O) groups is 1. The number of aromatic nitrogens is 5. The van der Waals surface area contributed by atoms with Gasteiger partial charge in [0.25, 0.3) is 5.89 Å². The summed E-state index contributed by atoms with van der Waals surface area (Å²) >= 11 is 0. The molecule has 9 heteroatoms.